The number of sulfone groups is 1. The fourth-order valence-corrected chi connectivity index (χ4v) is 3.64. The van der Waals surface area contributed by atoms with Crippen molar-refractivity contribution >= 4 is 15.7 Å². The predicted molar refractivity (Wildman–Crippen MR) is 54.7 cm³/mol. The lowest BCUT2D eigenvalue weighted by molar-refractivity contribution is -0.125. The van der Waals surface area contributed by atoms with Crippen LogP contribution in [-0.2, 0) is 14.6 Å². The van der Waals surface area contributed by atoms with Crippen LogP contribution in [0.5, 0.6) is 0 Å². The van der Waals surface area contributed by atoms with Crippen LogP contribution in [0.3, 0.4) is 0 Å². The van der Waals surface area contributed by atoms with Gasteiger partial charge in [0.1, 0.15) is 0 Å². The Kier molecular flexibility index (Phi) is 2.90. The van der Waals surface area contributed by atoms with E-state index in [4.69, 9.17) is 0 Å². The molecular formula is C9H17NO3S. The maximum absolute atomic E-state index is 11.4. The summed E-state index contributed by atoms with van der Waals surface area (Å²) in [7, 11) is -2.94. The summed E-state index contributed by atoms with van der Waals surface area (Å²) >= 11 is 0. The van der Waals surface area contributed by atoms with Gasteiger partial charge in [0.05, 0.1) is 17.0 Å². The van der Waals surface area contributed by atoms with Gasteiger partial charge in [0.15, 0.2) is 9.84 Å². The second-order valence-corrected chi connectivity index (χ2v) is 6.73. The van der Waals surface area contributed by atoms with Crippen molar-refractivity contribution in [1.82, 2.24) is 5.32 Å². The van der Waals surface area contributed by atoms with Gasteiger partial charge in [-0.2, -0.15) is 0 Å². The van der Waals surface area contributed by atoms with Gasteiger partial charge in [-0.1, -0.05) is 13.8 Å². The average molecular weight is 219 g/mol. The summed E-state index contributed by atoms with van der Waals surface area (Å²) in [5, 5.41) is 2.79. The Hall–Kier alpha value is -0.580. The van der Waals surface area contributed by atoms with Crippen molar-refractivity contribution in [3.8, 4) is 0 Å². The summed E-state index contributed by atoms with van der Waals surface area (Å²) < 4.78 is 22.5. The highest BCUT2D eigenvalue weighted by Gasteiger charge is 2.39. The van der Waals surface area contributed by atoms with Gasteiger partial charge < -0.3 is 5.32 Å². The second kappa shape index (κ2) is 3.53. The molecule has 1 aliphatic heterocycles. The molecule has 1 fully saturated rings. The number of amides is 1. The molecule has 82 valence electrons. The summed E-state index contributed by atoms with van der Waals surface area (Å²) in [6, 6.07) is 0. The van der Waals surface area contributed by atoms with E-state index >= 15 is 0 Å². The highest BCUT2D eigenvalue weighted by Crippen LogP contribution is 2.23. The first-order valence-corrected chi connectivity index (χ1v) is 6.59. The van der Waals surface area contributed by atoms with E-state index in [1.165, 1.54) is 0 Å². The Bertz CT molecular complexity index is 334. The minimum Gasteiger partial charge on any atom is -0.350 e. The van der Waals surface area contributed by atoms with Gasteiger partial charge in [-0.15, -0.1) is 0 Å². The molecule has 1 atom stereocenters. The SMILES string of the molecule is CC(C)C(=O)NC1(C)CCS(=O)(=O)C1. The molecule has 1 heterocycles. The number of hydrogen-bond acceptors (Lipinski definition) is 3. The van der Waals surface area contributed by atoms with Crippen molar-refractivity contribution in [3.63, 3.8) is 0 Å². The van der Waals surface area contributed by atoms with Gasteiger partial charge in [-0.3, -0.25) is 4.79 Å². The molecule has 1 unspecified atom stereocenters. The summed E-state index contributed by atoms with van der Waals surface area (Å²) in [4.78, 5) is 11.4. The van der Waals surface area contributed by atoms with Gasteiger partial charge in [-0.25, -0.2) is 8.42 Å². The van der Waals surface area contributed by atoms with Gasteiger partial charge >= 0.3 is 0 Å². The maximum atomic E-state index is 11.4. The summed E-state index contributed by atoms with van der Waals surface area (Å²) in [6.45, 7) is 5.38. The Balaban J connectivity index is 2.66. The van der Waals surface area contributed by atoms with Crippen molar-refractivity contribution in [2.24, 2.45) is 5.92 Å². The van der Waals surface area contributed by atoms with Crippen molar-refractivity contribution in [2.45, 2.75) is 32.7 Å². The van der Waals surface area contributed by atoms with E-state index in [1.54, 1.807) is 20.8 Å². The Labute approximate surface area is 85.0 Å². The number of carbonyl (C=O) groups is 1. The molecule has 0 aliphatic carbocycles. The molecule has 1 amide bonds. The molecule has 0 spiro atoms. The van der Waals surface area contributed by atoms with Crippen molar-refractivity contribution in [1.29, 1.82) is 0 Å². The molecular weight excluding hydrogens is 202 g/mol. The monoisotopic (exact) mass is 219 g/mol. The minimum atomic E-state index is -2.94. The van der Waals surface area contributed by atoms with E-state index in [1.807, 2.05) is 0 Å². The van der Waals surface area contributed by atoms with Crippen LogP contribution < -0.4 is 5.32 Å². The lowest BCUT2D eigenvalue weighted by atomic mass is 10.0. The topological polar surface area (TPSA) is 63.2 Å². The molecule has 1 rings (SSSR count). The molecule has 0 bridgehead atoms. The number of hydrogen-bond donors (Lipinski definition) is 1. The van der Waals surface area contributed by atoms with Gasteiger partial charge in [0, 0.05) is 5.92 Å². The maximum Gasteiger partial charge on any atom is 0.222 e. The quantitative estimate of drug-likeness (QED) is 0.728. The number of nitrogens with one attached hydrogen (secondary N) is 1. The molecule has 5 heteroatoms. The summed E-state index contributed by atoms with van der Waals surface area (Å²) in [6.07, 6.45) is 0.522. The van der Waals surface area contributed by atoms with Crippen molar-refractivity contribution < 1.29 is 13.2 Å². The van der Waals surface area contributed by atoms with E-state index in [0.717, 1.165) is 0 Å². The first kappa shape index (κ1) is 11.5. The number of rotatable bonds is 2. The molecule has 0 radical (unpaired) electrons. The van der Waals surface area contributed by atoms with Gasteiger partial charge in [0.2, 0.25) is 5.91 Å². The van der Waals surface area contributed by atoms with Gasteiger partial charge in [0.25, 0.3) is 0 Å². The van der Waals surface area contributed by atoms with E-state index in [0.29, 0.717) is 6.42 Å². The van der Waals surface area contributed by atoms with Crippen LogP contribution in [0.4, 0.5) is 0 Å². The van der Waals surface area contributed by atoms with E-state index in [2.05, 4.69) is 5.32 Å². The Morgan fingerprint density at radius 1 is 1.43 bits per heavy atom. The number of carbonyl (C=O) groups excluding carboxylic acids is 1. The largest absolute Gasteiger partial charge is 0.350 e. The molecule has 14 heavy (non-hydrogen) atoms. The lowest BCUT2D eigenvalue weighted by Crippen LogP contribution is -2.48. The van der Waals surface area contributed by atoms with Crippen molar-refractivity contribution in [2.75, 3.05) is 11.5 Å². The fraction of sp³-hybridized carbons (Fsp3) is 0.889. The van der Waals surface area contributed by atoms with Crippen LogP contribution >= 0.6 is 0 Å². The molecule has 0 aromatic heterocycles. The third kappa shape index (κ3) is 2.70. The molecule has 0 aromatic carbocycles. The fourth-order valence-electron chi connectivity index (χ4n) is 1.55. The molecule has 1 N–H and O–H groups in total. The van der Waals surface area contributed by atoms with Crippen LogP contribution in [0.25, 0.3) is 0 Å². The van der Waals surface area contributed by atoms with Crippen LogP contribution in [0.1, 0.15) is 27.2 Å². The highest BCUT2D eigenvalue weighted by molar-refractivity contribution is 7.91. The normalized spacial score (nSPS) is 30.6. The molecule has 4 nitrogen and oxygen atoms in total. The zero-order valence-corrected chi connectivity index (χ0v) is 9.65. The Morgan fingerprint density at radius 3 is 2.36 bits per heavy atom. The highest BCUT2D eigenvalue weighted by atomic mass is 32.2. The zero-order chi connectivity index (χ0) is 11.0. The predicted octanol–water partition coefficient (Wildman–Crippen LogP) is 0.336. The van der Waals surface area contributed by atoms with Crippen LogP contribution in [-0.4, -0.2) is 31.4 Å². The zero-order valence-electron chi connectivity index (χ0n) is 8.83. The van der Waals surface area contributed by atoms with Crippen LogP contribution in [0, 0.1) is 5.92 Å². The van der Waals surface area contributed by atoms with Gasteiger partial charge in [-0.05, 0) is 13.3 Å². The van der Waals surface area contributed by atoms with E-state index in [-0.39, 0.29) is 23.3 Å². The standard InChI is InChI=1S/C9H17NO3S/c1-7(2)8(11)10-9(3)4-5-14(12,13)6-9/h7H,4-6H2,1-3H3,(H,10,11). The molecule has 0 saturated carbocycles. The van der Waals surface area contributed by atoms with E-state index < -0.39 is 15.4 Å². The van der Waals surface area contributed by atoms with Crippen molar-refractivity contribution in [3.05, 3.63) is 0 Å². The first-order valence-electron chi connectivity index (χ1n) is 4.77. The van der Waals surface area contributed by atoms with E-state index in [9.17, 15) is 13.2 Å². The average Bonchev–Trinajstić information content (AvgIpc) is 2.25. The molecule has 0 aromatic rings. The first-order chi connectivity index (χ1) is 6.24. The van der Waals surface area contributed by atoms with Crippen LogP contribution in [0.15, 0.2) is 0 Å². The van der Waals surface area contributed by atoms with Crippen LogP contribution in [0.2, 0.25) is 0 Å². The molecule has 1 saturated heterocycles. The Morgan fingerprint density at radius 2 is 2.00 bits per heavy atom. The minimum absolute atomic E-state index is 0.0679. The summed E-state index contributed by atoms with van der Waals surface area (Å²) in [5.74, 6) is 0.0695. The third-order valence-corrected chi connectivity index (χ3v) is 4.36. The summed E-state index contributed by atoms with van der Waals surface area (Å²) in [5.41, 5.74) is -0.555. The molecule has 1 aliphatic rings. The smallest absolute Gasteiger partial charge is 0.222 e. The lowest BCUT2D eigenvalue weighted by Gasteiger charge is -2.24. The second-order valence-electron chi connectivity index (χ2n) is 4.55. The third-order valence-electron chi connectivity index (χ3n) is 2.45.